The highest BCUT2D eigenvalue weighted by Gasteiger charge is 2.20. The van der Waals surface area contributed by atoms with Crippen LogP contribution in [-0.4, -0.2) is 14.5 Å². The number of aromatic nitrogens is 3. The number of hydrogen-bond acceptors (Lipinski definition) is 3. The van der Waals surface area contributed by atoms with Gasteiger partial charge in [0.1, 0.15) is 0 Å². The van der Waals surface area contributed by atoms with E-state index in [2.05, 4.69) is 187 Å². The molecular formula is C59H34N4. The maximum atomic E-state index is 9.92. The van der Waals surface area contributed by atoms with Crippen molar-refractivity contribution in [2.75, 3.05) is 0 Å². The predicted octanol–water partition coefficient (Wildman–Crippen LogP) is 15.3. The molecule has 2 heterocycles. The molecule has 0 aliphatic heterocycles. The summed E-state index contributed by atoms with van der Waals surface area (Å²) in [5.41, 5.74) is 13.5. The number of benzene rings is 11. The third-order valence-corrected chi connectivity index (χ3v) is 12.8. The van der Waals surface area contributed by atoms with E-state index in [9.17, 15) is 5.26 Å². The van der Waals surface area contributed by atoms with Crippen molar-refractivity contribution in [3.05, 3.63) is 212 Å². The summed E-state index contributed by atoms with van der Waals surface area (Å²) in [6.07, 6.45) is 0. The SMILES string of the molecule is N#Cc1cc2ccc3cc(-c4ccc(-c5cc6ccc7cc(-c8nc(-c9ccccc9)cc(-c9ccccc9)n8)cc8ccc(c5)c6c78)cc4)cc4c3c2c(c1)n4-c1ccccc1. The third-order valence-electron chi connectivity index (χ3n) is 12.8. The Bertz CT molecular complexity index is 3810. The van der Waals surface area contributed by atoms with Gasteiger partial charge in [0.25, 0.3) is 0 Å². The molecule has 0 aliphatic carbocycles. The van der Waals surface area contributed by atoms with Gasteiger partial charge >= 0.3 is 0 Å². The molecule has 0 saturated carbocycles. The summed E-state index contributed by atoms with van der Waals surface area (Å²) in [5, 5.41) is 21.9. The van der Waals surface area contributed by atoms with Gasteiger partial charge in [-0.25, -0.2) is 9.97 Å². The zero-order chi connectivity index (χ0) is 41.6. The van der Waals surface area contributed by atoms with Crippen LogP contribution in [0.4, 0.5) is 0 Å². The zero-order valence-corrected chi connectivity index (χ0v) is 33.9. The van der Waals surface area contributed by atoms with Crippen molar-refractivity contribution >= 4 is 64.9 Å². The first-order chi connectivity index (χ1) is 31.1. The molecule has 0 spiro atoms. The van der Waals surface area contributed by atoms with E-state index in [1.165, 1.54) is 59.6 Å². The molecule has 4 nitrogen and oxygen atoms in total. The van der Waals surface area contributed by atoms with Crippen LogP contribution in [0, 0.1) is 11.3 Å². The van der Waals surface area contributed by atoms with Crippen LogP contribution in [0.15, 0.2) is 206 Å². The van der Waals surface area contributed by atoms with Crippen molar-refractivity contribution in [2.24, 2.45) is 0 Å². The van der Waals surface area contributed by atoms with Gasteiger partial charge in [-0.3, -0.25) is 0 Å². The molecule has 4 heteroatoms. The fraction of sp³-hybridized carbons (Fsp3) is 0. The fourth-order valence-electron chi connectivity index (χ4n) is 9.93. The normalized spacial score (nSPS) is 11.8. The average Bonchev–Trinajstić information content (AvgIpc) is 3.69. The van der Waals surface area contributed by atoms with Gasteiger partial charge in [-0.2, -0.15) is 5.26 Å². The number of para-hydroxylation sites is 1. The molecule has 13 aromatic rings. The van der Waals surface area contributed by atoms with E-state index in [1.54, 1.807) is 0 Å². The van der Waals surface area contributed by atoms with Crippen LogP contribution in [0.5, 0.6) is 0 Å². The van der Waals surface area contributed by atoms with E-state index in [0.717, 1.165) is 61.3 Å². The van der Waals surface area contributed by atoms with Crippen molar-refractivity contribution in [2.45, 2.75) is 0 Å². The maximum absolute atomic E-state index is 9.92. The molecule has 63 heavy (non-hydrogen) atoms. The highest BCUT2D eigenvalue weighted by atomic mass is 15.0. The first kappa shape index (κ1) is 35.1. The second-order valence-electron chi connectivity index (χ2n) is 16.5. The van der Waals surface area contributed by atoms with Crippen molar-refractivity contribution in [1.82, 2.24) is 14.5 Å². The van der Waals surface area contributed by atoms with Crippen molar-refractivity contribution in [3.8, 4) is 67.9 Å². The lowest BCUT2D eigenvalue weighted by Gasteiger charge is -2.15. The number of rotatable bonds is 6. The quantitative estimate of drug-likeness (QED) is 0.157. The van der Waals surface area contributed by atoms with E-state index in [0.29, 0.717) is 11.4 Å². The van der Waals surface area contributed by atoms with Gasteiger partial charge in [-0.05, 0) is 132 Å². The minimum absolute atomic E-state index is 0.663. The number of nitriles is 1. The zero-order valence-electron chi connectivity index (χ0n) is 33.9. The van der Waals surface area contributed by atoms with Gasteiger partial charge in [0.15, 0.2) is 5.82 Å². The van der Waals surface area contributed by atoms with Gasteiger partial charge in [-0.1, -0.05) is 140 Å². The van der Waals surface area contributed by atoms with E-state index in [1.807, 2.05) is 30.3 Å². The molecule has 290 valence electrons. The predicted molar refractivity (Wildman–Crippen MR) is 261 cm³/mol. The Balaban J connectivity index is 0.888. The highest BCUT2D eigenvalue weighted by Crippen LogP contribution is 2.43. The second kappa shape index (κ2) is 13.7. The lowest BCUT2D eigenvalue weighted by Crippen LogP contribution is -1.96. The summed E-state index contributed by atoms with van der Waals surface area (Å²) in [7, 11) is 0. The van der Waals surface area contributed by atoms with Gasteiger partial charge in [0, 0.05) is 33.2 Å². The number of nitrogens with zero attached hydrogens (tertiary/aromatic N) is 4. The van der Waals surface area contributed by atoms with Gasteiger partial charge < -0.3 is 4.57 Å². The summed E-state index contributed by atoms with van der Waals surface area (Å²) >= 11 is 0. The van der Waals surface area contributed by atoms with Crippen LogP contribution in [0.25, 0.3) is 127 Å². The summed E-state index contributed by atoms with van der Waals surface area (Å²) in [6.45, 7) is 0. The Morgan fingerprint density at radius 1 is 0.333 bits per heavy atom. The molecule has 0 fully saturated rings. The Morgan fingerprint density at radius 2 is 0.746 bits per heavy atom. The van der Waals surface area contributed by atoms with Crippen LogP contribution in [-0.2, 0) is 0 Å². The van der Waals surface area contributed by atoms with Gasteiger partial charge in [0.05, 0.1) is 34.1 Å². The molecule has 0 unspecified atom stereocenters. The van der Waals surface area contributed by atoms with Crippen LogP contribution in [0.1, 0.15) is 5.56 Å². The van der Waals surface area contributed by atoms with Crippen molar-refractivity contribution in [1.29, 1.82) is 5.26 Å². The van der Waals surface area contributed by atoms with Crippen molar-refractivity contribution < 1.29 is 0 Å². The molecule has 0 radical (unpaired) electrons. The molecule has 2 aromatic heterocycles. The largest absolute Gasteiger partial charge is 0.309 e. The molecule has 0 atom stereocenters. The lowest BCUT2D eigenvalue weighted by atomic mass is 9.90. The van der Waals surface area contributed by atoms with Crippen molar-refractivity contribution in [3.63, 3.8) is 0 Å². The van der Waals surface area contributed by atoms with E-state index < -0.39 is 0 Å². The molecule has 0 amide bonds. The lowest BCUT2D eigenvalue weighted by molar-refractivity contribution is 1.18. The third kappa shape index (κ3) is 5.61. The smallest absolute Gasteiger partial charge is 0.160 e. The molecule has 0 saturated heterocycles. The van der Waals surface area contributed by atoms with Gasteiger partial charge in [-0.15, -0.1) is 0 Å². The topological polar surface area (TPSA) is 54.5 Å². The molecule has 11 aromatic carbocycles. The Labute approximate surface area is 362 Å². The Hall–Kier alpha value is -8.65. The first-order valence-corrected chi connectivity index (χ1v) is 21.3. The maximum Gasteiger partial charge on any atom is 0.160 e. The van der Waals surface area contributed by atoms with E-state index >= 15 is 0 Å². The summed E-state index contributed by atoms with van der Waals surface area (Å²) < 4.78 is 2.31. The molecule has 13 rings (SSSR count). The van der Waals surface area contributed by atoms with Gasteiger partial charge in [0.2, 0.25) is 0 Å². The highest BCUT2D eigenvalue weighted by molar-refractivity contribution is 6.26. The average molecular weight is 799 g/mol. The monoisotopic (exact) mass is 798 g/mol. The fourth-order valence-corrected chi connectivity index (χ4v) is 9.93. The van der Waals surface area contributed by atoms with Crippen LogP contribution in [0.3, 0.4) is 0 Å². The molecule has 0 aliphatic rings. The minimum Gasteiger partial charge on any atom is -0.309 e. The Morgan fingerprint density at radius 3 is 1.24 bits per heavy atom. The standard InChI is InChI=1S/C59H34N4/c60-35-36-26-41-20-25-46-30-48(33-54-58(46)57(41)53(27-36)63(54)50-14-8-3-9-15-50)38-18-16-37(17-19-38)47-28-42-21-23-44-31-49(32-45-24-22-43(29-47)55(42)56(44)45)59-61-51(39-10-4-1-5-11-39)34-52(62-59)40-12-6-2-7-13-40/h1-34H. The van der Waals surface area contributed by atoms with E-state index in [-0.39, 0.29) is 0 Å². The number of hydrogen-bond donors (Lipinski definition) is 0. The van der Waals surface area contributed by atoms with Crippen LogP contribution >= 0.6 is 0 Å². The van der Waals surface area contributed by atoms with E-state index in [4.69, 9.17) is 9.97 Å². The summed E-state index contributed by atoms with van der Waals surface area (Å²) in [5.74, 6) is 0.712. The first-order valence-electron chi connectivity index (χ1n) is 21.3. The minimum atomic E-state index is 0.663. The summed E-state index contributed by atoms with van der Waals surface area (Å²) in [4.78, 5) is 10.3. The van der Waals surface area contributed by atoms with Crippen LogP contribution < -0.4 is 0 Å². The molecule has 0 N–H and O–H groups in total. The molecular weight excluding hydrogens is 765 g/mol. The summed E-state index contributed by atoms with van der Waals surface area (Å²) in [6, 6.07) is 75.8. The Kier molecular flexibility index (Phi) is 7.63. The second-order valence-corrected chi connectivity index (χ2v) is 16.5. The molecule has 0 bridgehead atoms. The van der Waals surface area contributed by atoms with Crippen LogP contribution in [0.2, 0.25) is 0 Å².